The molecule has 2 heterocycles. The maximum atomic E-state index is 12.6. The lowest BCUT2D eigenvalue weighted by Crippen LogP contribution is -2.51. The Kier molecular flexibility index (Phi) is 3.59. The fraction of sp³-hybridized carbons (Fsp3) is 0.389. The molecule has 6 nitrogen and oxygen atoms in total. The van der Waals surface area contributed by atoms with Crippen LogP contribution in [0, 0.1) is 5.92 Å². The van der Waals surface area contributed by atoms with E-state index in [0.29, 0.717) is 31.8 Å². The molecule has 1 aromatic heterocycles. The van der Waals surface area contributed by atoms with Gasteiger partial charge in [-0.15, -0.1) is 0 Å². The second-order valence-electron chi connectivity index (χ2n) is 6.38. The third kappa shape index (κ3) is 2.68. The predicted octanol–water partition coefficient (Wildman–Crippen LogP) is 1.49. The van der Waals surface area contributed by atoms with Crippen LogP contribution in [0.15, 0.2) is 39.5 Å². The lowest BCUT2D eigenvalue weighted by atomic mass is 10.1. The molecule has 2 amide bonds. The van der Waals surface area contributed by atoms with Gasteiger partial charge in [-0.3, -0.25) is 9.59 Å². The average molecular weight is 326 g/mol. The van der Waals surface area contributed by atoms with E-state index in [4.69, 9.17) is 4.42 Å². The van der Waals surface area contributed by atoms with Gasteiger partial charge in [-0.2, -0.15) is 0 Å². The summed E-state index contributed by atoms with van der Waals surface area (Å²) in [7, 11) is 0. The summed E-state index contributed by atoms with van der Waals surface area (Å²) in [6, 6.07) is 8.71. The van der Waals surface area contributed by atoms with Crippen molar-refractivity contribution in [3.8, 4) is 0 Å². The number of amides is 2. The minimum absolute atomic E-state index is 0.0515. The molecule has 2 fully saturated rings. The highest BCUT2D eigenvalue weighted by molar-refractivity contribution is 5.96. The number of piperazine rings is 1. The van der Waals surface area contributed by atoms with Crippen molar-refractivity contribution in [1.82, 2.24) is 9.80 Å². The first-order valence-electron chi connectivity index (χ1n) is 8.24. The van der Waals surface area contributed by atoms with E-state index in [1.165, 1.54) is 0 Å². The second kappa shape index (κ2) is 5.78. The Hall–Kier alpha value is -2.63. The minimum Gasteiger partial charge on any atom is -0.422 e. The molecule has 1 aliphatic carbocycles. The summed E-state index contributed by atoms with van der Waals surface area (Å²) in [5, 5.41) is 0.725. The molecule has 0 atom stereocenters. The minimum atomic E-state index is -0.616. The summed E-state index contributed by atoms with van der Waals surface area (Å²) in [4.78, 5) is 40.3. The first-order chi connectivity index (χ1) is 11.6. The summed E-state index contributed by atoms with van der Waals surface area (Å²) < 4.78 is 5.24. The Morgan fingerprint density at radius 3 is 2.38 bits per heavy atom. The molecule has 124 valence electrons. The normalized spacial score (nSPS) is 18.0. The molecule has 0 unspecified atom stereocenters. The quantitative estimate of drug-likeness (QED) is 0.784. The van der Waals surface area contributed by atoms with E-state index in [0.717, 1.165) is 18.2 Å². The summed E-state index contributed by atoms with van der Waals surface area (Å²) in [5.74, 6) is 0.0696. The van der Waals surface area contributed by atoms with Crippen LogP contribution >= 0.6 is 0 Å². The van der Waals surface area contributed by atoms with Crippen molar-refractivity contribution < 1.29 is 14.0 Å². The number of fused-ring (bicyclic) bond motifs is 1. The van der Waals surface area contributed by atoms with Crippen LogP contribution in [-0.4, -0.2) is 47.8 Å². The number of hydrogen-bond donors (Lipinski definition) is 0. The van der Waals surface area contributed by atoms with Crippen LogP contribution < -0.4 is 5.63 Å². The van der Waals surface area contributed by atoms with Gasteiger partial charge in [0, 0.05) is 37.5 Å². The molecule has 6 heteroatoms. The van der Waals surface area contributed by atoms with Gasteiger partial charge in [0.15, 0.2) is 0 Å². The molecular weight excluding hydrogens is 308 g/mol. The molecule has 0 radical (unpaired) electrons. The Bertz CT molecular complexity index is 861. The molecule has 0 spiro atoms. The van der Waals surface area contributed by atoms with Gasteiger partial charge in [-0.05, 0) is 25.0 Å². The van der Waals surface area contributed by atoms with E-state index < -0.39 is 5.63 Å². The zero-order valence-electron chi connectivity index (χ0n) is 13.2. The predicted molar refractivity (Wildman–Crippen MR) is 87.7 cm³/mol. The van der Waals surface area contributed by atoms with E-state index in [1.54, 1.807) is 29.2 Å². The fourth-order valence-electron chi connectivity index (χ4n) is 3.10. The van der Waals surface area contributed by atoms with Crippen LogP contribution in [0.4, 0.5) is 0 Å². The van der Waals surface area contributed by atoms with Gasteiger partial charge in [-0.1, -0.05) is 18.2 Å². The molecule has 1 saturated heterocycles. The van der Waals surface area contributed by atoms with Gasteiger partial charge >= 0.3 is 5.63 Å². The van der Waals surface area contributed by atoms with Crippen LogP contribution in [0.5, 0.6) is 0 Å². The van der Waals surface area contributed by atoms with Crippen LogP contribution in [0.1, 0.15) is 23.2 Å². The summed E-state index contributed by atoms with van der Waals surface area (Å²) in [6.45, 7) is 1.95. The smallest absolute Gasteiger partial charge is 0.349 e. The molecule has 0 bridgehead atoms. The second-order valence-corrected chi connectivity index (χ2v) is 6.38. The van der Waals surface area contributed by atoms with Crippen molar-refractivity contribution in [3.63, 3.8) is 0 Å². The number of hydrogen-bond acceptors (Lipinski definition) is 4. The fourth-order valence-corrected chi connectivity index (χ4v) is 3.10. The highest BCUT2D eigenvalue weighted by atomic mass is 16.4. The number of carbonyl (C=O) groups is 2. The molecule has 4 rings (SSSR count). The standard InChI is InChI=1S/C18H18N2O4/c21-16(12-5-6-12)19-7-9-20(10-8-19)17(22)14-11-13-3-1-2-4-15(13)24-18(14)23/h1-4,11-12H,5-10H2. The Morgan fingerprint density at radius 2 is 1.67 bits per heavy atom. The lowest BCUT2D eigenvalue weighted by molar-refractivity contribution is -0.134. The zero-order valence-corrected chi connectivity index (χ0v) is 13.2. The number of para-hydroxylation sites is 1. The van der Waals surface area contributed by atoms with Crippen molar-refractivity contribution in [2.24, 2.45) is 5.92 Å². The molecule has 1 saturated carbocycles. The summed E-state index contributed by atoms with van der Waals surface area (Å²) in [5.41, 5.74) is -0.0928. The maximum Gasteiger partial charge on any atom is 0.349 e. The van der Waals surface area contributed by atoms with Gasteiger partial charge in [0.2, 0.25) is 5.91 Å². The van der Waals surface area contributed by atoms with Crippen LogP contribution in [-0.2, 0) is 4.79 Å². The Morgan fingerprint density at radius 1 is 1.00 bits per heavy atom. The molecule has 2 aromatic rings. The van der Waals surface area contributed by atoms with E-state index in [-0.39, 0.29) is 23.3 Å². The zero-order chi connectivity index (χ0) is 16.7. The van der Waals surface area contributed by atoms with Gasteiger partial charge in [0.05, 0.1) is 0 Å². The van der Waals surface area contributed by atoms with Crippen molar-refractivity contribution in [2.75, 3.05) is 26.2 Å². The Balaban J connectivity index is 1.51. The maximum absolute atomic E-state index is 12.6. The van der Waals surface area contributed by atoms with Crippen LogP contribution in [0.25, 0.3) is 11.0 Å². The van der Waals surface area contributed by atoms with E-state index in [2.05, 4.69) is 0 Å². The topological polar surface area (TPSA) is 70.8 Å². The SMILES string of the molecule is O=C(c1cc2ccccc2oc1=O)N1CCN(C(=O)C2CC2)CC1. The largest absolute Gasteiger partial charge is 0.422 e. The van der Waals surface area contributed by atoms with Crippen LogP contribution in [0.3, 0.4) is 0 Å². The first kappa shape index (κ1) is 14.9. The monoisotopic (exact) mass is 326 g/mol. The molecule has 1 aliphatic heterocycles. The molecular formula is C18H18N2O4. The summed E-state index contributed by atoms with van der Waals surface area (Å²) in [6.07, 6.45) is 1.96. The number of benzene rings is 1. The van der Waals surface area contributed by atoms with Gasteiger partial charge < -0.3 is 14.2 Å². The van der Waals surface area contributed by atoms with Gasteiger partial charge in [0.25, 0.3) is 5.91 Å². The highest BCUT2D eigenvalue weighted by Gasteiger charge is 2.35. The number of carbonyl (C=O) groups excluding carboxylic acids is 2. The number of nitrogens with zero attached hydrogens (tertiary/aromatic N) is 2. The van der Waals surface area contributed by atoms with E-state index in [1.807, 2.05) is 11.0 Å². The first-order valence-corrected chi connectivity index (χ1v) is 8.24. The third-order valence-corrected chi connectivity index (χ3v) is 4.68. The molecule has 2 aliphatic rings. The van der Waals surface area contributed by atoms with E-state index in [9.17, 15) is 14.4 Å². The van der Waals surface area contributed by atoms with Crippen molar-refractivity contribution >= 4 is 22.8 Å². The molecule has 24 heavy (non-hydrogen) atoms. The van der Waals surface area contributed by atoms with Crippen molar-refractivity contribution in [2.45, 2.75) is 12.8 Å². The van der Waals surface area contributed by atoms with Gasteiger partial charge in [0.1, 0.15) is 11.1 Å². The average Bonchev–Trinajstić information content (AvgIpc) is 3.45. The number of rotatable bonds is 2. The van der Waals surface area contributed by atoms with Crippen molar-refractivity contribution in [1.29, 1.82) is 0 Å². The van der Waals surface area contributed by atoms with Crippen LogP contribution in [0.2, 0.25) is 0 Å². The third-order valence-electron chi connectivity index (χ3n) is 4.68. The van der Waals surface area contributed by atoms with Crippen molar-refractivity contribution in [3.05, 3.63) is 46.3 Å². The Labute approximate surface area is 138 Å². The lowest BCUT2D eigenvalue weighted by Gasteiger charge is -2.34. The molecule has 0 N–H and O–H groups in total. The summed E-state index contributed by atoms with van der Waals surface area (Å²) >= 11 is 0. The highest BCUT2D eigenvalue weighted by Crippen LogP contribution is 2.31. The van der Waals surface area contributed by atoms with E-state index >= 15 is 0 Å². The molecule has 1 aromatic carbocycles. The van der Waals surface area contributed by atoms with Gasteiger partial charge in [-0.25, -0.2) is 4.79 Å².